The van der Waals surface area contributed by atoms with Crippen LogP contribution in [0, 0.1) is 0 Å². The van der Waals surface area contributed by atoms with E-state index in [-0.39, 0.29) is 18.3 Å². The zero-order valence-electron chi connectivity index (χ0n) is 12.0. The minimum atomic E-state index is -1.50. The van der Waals surface area contributed by atoms with E-state index in [0.717, 1.165) is 19.4 Å². The van der Waals surface area contributed by atoms with Crippen molar-refractivity contribution in [2.24, 2.45) is 0 Å². The third kappa shape index (κ3) is 5.20. The lowest BCUT2D eigenvalue weighted by molar-refractivity contribution is -0.153. The van der Waals surface area contributed by atoms with Crippen LogP contribution in [-0.2, 0) is 14.2 Å². The molecule has 2 aliphatic heterocycles. The van der Waals surface area contributed by atoms with Gasteiger partial charge in [-0.2, -0.15) is 0 Å². The minimum absolute atomic E-state index is 0.147. The van der Waals surface area contributed by atoms with E-state index in [4.69, 9.17) is 24.4 Å². The molecule has 2 fully saturated rings. The van der Waals surface area contributed by atoms with E-state index in [0.29, 0.717) is 0 Å². The van der Waals surface area contributed by atoms with Crippen LogP contribution in [0.3, 0.4) is 0 Å². The highest BCUT2D eigenvalue weighted by atomic mass is 16.8. The molecule has 2 heterocycles. The van der Waals surface area contributed by atoms with Gasteiger partial charge in [-0.3, -0.25) is 0 Å². The van der Waals surface area contributed by atoms with Crippen LogP contribution in [0.15, 0.2) is 0 Å². The number of fused-ring (bicyclic) bond motifs is 1. The highest BCUT2D eigenvalue weighted by Crippen LogP contribution is 2.35. The van der Waals surface area contributed by atoms with E-state index < -0.39 is 11.6 Å². The molecule has 2 saturated heterocycles. The lowest BCUT2D eigenvalue weighted by Gasteiger charge is -2.30. The molecule has 0 unspecified atom stereocenters. The summed E-state index contributed by atoms with van der Waals surface area (Å²) in [7, 11) is 0. The summed E-state index contributed by atoms with van der Waals surface area (Å²) in [6, 6.07) is 0. The summed E-state index contributed by atoms with van der Waals surface area (Å²) >= 11 is 0. The van der Waals surface area contributed by atoms with E-state index in [1.165, 1.54) is 13.8 Å². The maximum absolute atomic E-state index is 8.08. The van der Waals surface area contributed by atoms with Crippen molar-refractivity contribution in [2.75, 3.05) is 6.61 Å². The molecule has 5 heteroatoms. The van der Waals surface area contributed by atoms with E-state index in [2.05, 4.69) is 6.92 Å². The predicted molar refractivity (Wildman–Crippen MR) is 67.0 cm³/mol. The van der Waals surface area contributed by atoms with Crippen molar-refractivity contribution < 1.29 is 24.4 Å². The Morgan fingerprint density at radius 1 is 1.22 bits per heavy atom. The topological polar surface area (TPSA) is 68.2 Å². The molecule has 0 radical (unpaired) electrons. The van der Waals surface area contributed by atoms with Gasteiger partial charge < -0.3 is 24.4 Å². The smallest absolute Gasteiger partial charge is 0.163 e. The fourth-order valence-corrected chi connectivity index (χ4v) is 2.18. The van der Waals surface area contributed by atoms with Crippen LogP contribution >= 0.6 is 0 Å². The molecule has 0 bridgehead atoms. The molecule has 5 nitrogen and oxygen atoms in total. The Kier molecular flexibility index (Phi) is 5.14. The van der Waals surface area contributed by atoms with Crippen LogP contribution in [0.1, 0.15) is 47.5 Å². The maximum Gasteiger partial charge on any atom is 0.163 e. The normalized spacial score (nSPS) is 34.5. The highest BCUT2D eigenvalue weighted by Gasteiger charge is 2.46. The van der Waals surface area contributed by atoms with Gasteiger partial charge in [-0.05, 0) is 40.5 Å². The molecule has 18 heavy (non-hydrogen) atoms. The molecule has 0 spiro atoms. The predicted octanol–water partition coefficient (Wildman–Crippen LogP) is 1.41. The molecule has 0 aromatic carbocycles. The van der Waals surface area contributed by atoms with Gasteiger partial charge >= 0.3 is 0 Å². The quantitative estimate of drug-likeness (QED) is 0.699. The van der Waals surface area contributed by atoms with Crippen LogP contribution < -0.4 is 0 Å². The van der Waals surface area contributed by atoms with Crippen molar-refractivity contribution in [1.82, 2.24) is 0 Å². The number of rotatable bonds is 1. The molecule has 2 N–H and O–H groups in total. The Morgan fingerprint density at radius 3 is 2.28 bits per heavy atom. The van der Waals surface area contributed by atoms with Crippen molar-refractivity contribution in [3.8, 4) is 0 Å². The lowest BCUT2D eigenvalue weighted by atomic mass is 10.0. The zero-order valence-corrected chi connectivity index (χ0v) is 12.0. The average Bonchev–Trinajstić information content (AvgIpc) is 2.48. The second kappa shape index (κ2) is 5.84. The fraction of sp³-hybridized carbons (Fsp3) is 1.00. The van der Waals surface area contributed by atoms with Gasteiger partial charge in [0.15, 0.2) is 11.6 Å². The van der Waals surface area contributed by atoms with Gasteiger partial charge in [0, 0.05) is 6.61 Å². The van der Waals surface area contributed by atoms with Crippen molar-refractivity contribution >= 4 is 0 Å². The molecule has 108 valence electrons. The molecule has 2 rings (SSSR count). The van der Waals surface area contributed by atoms with Gasteiger partial charge in [0.2, 0.25) is 0 Å². The first-order valence-corrected chi connectivity index (χ1v) is 6.54. The number of hydrogen-bond donors (Lipinski definition) is 2. The van der Waals surface area contributed by atoms with Crippen LogP contribution in [0.2, 0.25) is 0 Å². The van der Waals surface area contributed by atoms with Crippen molar-refractivity contribution in [3.63, 3.8) is 0 Å². The number of ether oxygens (including phenoxy) is 3. The lowest BCUT2D eigenvalue weighted by Crippen LogP contribution is -2.42. The Balaban J connectivity index is 0.000000280. The van der Waals surface area contributed by atoms with E-state index in [1.807, 2.05) is 13.8 Å². The Morgan fingerprint density at radius 2 is 1.78 bits per heavy atom. The van der Waals surface area contributed by atoms with Crippen molar-refractivity contribution in [3.05, 3.63) is 0 Å². The highest BCUT2D eigenvalue weighted by molar-refractivity contribution is 4.89. The summed E-state index contributed by atoms with van der Waals surface area (Å²) in [5.74, 6) is -1.92. The summed E-state index contributed by atoms with van der Waals surface area (Å²) in [4.78, 5) is 0. The monoisotopic (exact) mass is 262 g/mol. The first-order valence-electron chi connectivity index (χ1n) is 6.54. The number of aliphatic hydroxyl groups is 2. The summed E-state index contributed by atoms with van der Waals surface area (Å²) in [5.41, 5.74) is 0. The molecule has 0 saturated carbocycles. The Labute approximate surface area is 109 Å². The second-order valence-electron chi connectivity index (χ2n) is 5.74. The van der Waals surface area contributed by atoms with Gasteiger partial charge in [-0.25, -0.2) is 0 Å². The van der Waals surface area contributed by atoms with Crippen LogP contribution in [0.4, 0.5) is 0 Å². The van der Waals surface area contributed by atoms with E-state index >= 15 is 0 Å². The standard InChI is InChI=1S/C10H18O3.C3H8O2/c1-4-7-9-8(5-6-11-7)12-10(2,3)13-9;1-3(2,4)5/h7-9H,4-6H2,1-3H3;4-5H,1-2H3/t7-,8-,9+;/m1./s1. The maximum atomic E-state index is 8.08. The summed E-state index contributed by atoms with van der Waals surface area (Å²) in [5, 5.41) is 16.2. The van der Waals surface area contributed by atoms with Crippen LogP contribution in [0.5, 0.6) is 0 Å². The Hall–Kier alpha value is -0.200. The average molecular weight is 262 g/mol. The molecule has 0 aromatic heterocycles. The number of hydrogen-bond acceptors (Lipinski definition) is 5. The van der Waals surface area contributed by atoms with Gasteiger partial charge in [0.1, 0.15) is 6.10 Å². The Bertz CT molecular complexity index is 253. The summed E-state index contributed by atoms with van der Waals surface area (Å²) in [6.45, 7) is 9.47. The molecule has 0 amide bonds. The molecule has 3 atom stereocenters. The largest absolute Gasteiger partial charge is 0.375 e. The van der Waals surface area contributed by atoms with E-state index in [1.54, 1.807) is 0 Å². The SMILES string of the molecule is CC(C)(O)O.CC[C@H]1OCC[C@H]2OC(C)(C)O[C@@H]12. The zero-order chi connectivity index (χ0) is 14.0. The van der Waals surface area contributed by atoms with Crippen LogP contribution in [-0.4, -0.2) is 46.7 Å². The molecule has 0 aromatic rings. The fourth-order valence-electron chi connectivity index (χ4n) is 2.18. The van der Waals surface area contributed by atoms with Crippen LogP contribution in [0.25, 0.3) is 0 Å². The summed E-state index contributed by atoms with van der Waals surface area (Å²) < 4.78 is 17.2. The summed E-state index contributed by atoms with van der Waals surface area (Å²) in [6.07, 6.45) is 2.58. The van der Waals surface area contributed by atoms with Crippen molar-refractivity contribution in [1.29, 1.82) is 0 Å². The van der Waals surface area contributed by atoms with Crippen molar-refractivity contribution in [2.45, 2.75) is 77.3 Å². The van der Waals surface area contributed by atoms with Gasteiger partial charge in [-0.1, -0.05) is 6.92 Å². The van der Waals surface area contributed by atoms with E-state index in [9.17, 15) is 0 Å². The van der Waals surface area contributed by atoms with Gasteiger partial charge in [-0.15, -0.1) is 0 Å². The third-order valence-electron chi connectivity index (χ3n) is 2.72. The molecular formula is C13H26O5. The first-order chi connectivity index (χ1) is 8.12. The van der Waals surface area contributed by atoms with Gasteiger partial charge in [0.25, 0.3) is 0 Å². The third-order valence-corrected chi connectivity index (χ3v) is 2.72. The van der Waals surface area contributed by atoms with Gasteiger partial charge in [0.05, 0.1) is 12.2 Å². The second-order valence-corrected chi connectivity index (χ2v) is 5.74. The molecule has 2 aliphatic rings. The molecular weight excluding hydrogens is 236 g/mol. The first kappa shape index (κ1) is 15.9. The minimum Gasteiger partial charge on any atom is -0.375 e. The molecule has 0 aliphatic carbocycles.